The summed E-state index contributed by atoms with van der Waals surface area (Å²) in [5, 5.41) is 0. The van der Waals surface area contributed by atoms with Crippen LogP contribution in [-0.2, 0) is 11.4 Å². The van der Waals surface area contributed by atoms with Gasteiger partial charge in [0.1, 0.15) is 6.61 Å². The third-order valence-electron chi connectivity index (χ3n) is 5.17. The van der Waals surface area contributed by atoms with E-state index in [4.69, 9.17) is 9.47 Å². The van der Waals surface area contributed by atoms with Crippen molar-refractivity contribution in [1.29, 1.82) is 0 Å². The molecule has 2 aromatic carbocycles. The van der Waals surface area contributed by atoms with Crippen LogP contribution in [0.4, 0.5) is 0 Å². The molecule has 4 heteroatoms. The largest absolute Gasteiger partial charge is 0.493 e. The molecule has 3 rings (SSSR count). The van der Waals surface area contributed by atoms with E-state index in [2.05, 4.69) is 19.1 Å². The van der Waals surface area contributed by atoms with Crippen LogP contribution in [0.3, 0.4) is 0 Å². The highest BCUT2D eigenvalue weighted by Gasteiger charge is 2.13. The molecular weight excluding hydrogens is 350 g/mol. The van der Waals surface area contributed by atoms with Crippen molar-refractivity contribution in [3.8, 4) is 11.5 Å². The highest BCUT2D eigenvalue weighted by Crippen LogP contribution is 2.29. The second kappa shape index (κ2) is 9.98. The molecule has 1 saturated heterocycles. The Bertz CT molecular complexity index is 820. The first-order chi connectivity index (χ1) is 13.7. The second-order valence-electron chi connectivity index (χ2n) is 7.20. The van der Waals surface area contributed by atoms with Crippen molar-refractivity contribution in [2.75, 3.05) is 20.2 Å². The maximum absolute atomic E-state index is 12.4. The van der Waals surface area contributed by atoms with Gasteiger partial charge in [-0.25, -0.2) is 0 Å². The summed E-state index contributed by atoms with van der Waals surface area (Å²) >= 11 is 0. The molecule has 148 valence electrons. The summed E-state index contributed by atoms with van der Waals surface area (Å²) in [7, 11) is 1.63. The molecule has 1 amide bonds. The van der Waals surface area contributed by atoms with Gasteiger partial charge in [-0.1, -0.05) is 43.2 Å². The zero-order chi connectivity index (χ0) is 19.8. The van der Waals surface area contributed by atoms with Crippen LogP contribution >= 0.6 is 0 Å². The molecule has 2 aromatic rings. The lowest BCUT2D eigenvalue weighted by Gasteiger charge is -2.18. The molecule has 0 atom stereocenters. The number of hydrogen-bond donors (Lipinski definition) is 0. The van der Waals surface area contributed by atoms with Crippen LogP contribution in [0.2, 0.25) is 0 Å². The molecule has 28 heavy (non-hydrogen) atoms. The number of hydrogen-bond acceptors (Lipinski definition) is 3. The first-order valence-electron chi connectivity index (χ1n) is 9.99. The third-order valence-corrected chi connectivity index (χ3v) is 5.17. The minimum absolute atomic E-state index is 0.0840. The average molecular weight is 380 g/mol. The normalized spacial score (nSPS) is 14.7. The first kappa shape index (κ1) is 20.0. The van der Waals surface area contributed by atoms with Crippen molar-refractivity contribution >= 4 is 12.0 Å². The van der Waals surface area contributed by atoms with Crippen molar-refractivity contribution in [3.63, 3.8) is 0 Å². The van der Waals surface area contributed by atoms with Crippen LogP contribution in [0.1, 0.15) is 42.4 Å². The smallest absolute Gasteiger partial charge is 0.246 e. The Kier molecular flexibility index (Phi) is 7.12. The molecule has 0 aliphatic carbocycles. The van der Waals surface area contributed by atoms with Gasteiger partial charge >= 0.3 is 0 Å². The van der Waals surface area contributed by atoms with E-state index in [1.54, 1.807) is 13.2 Å². The van der Waals surface area contributed by atoms with Gasteiger partial charge in [0.05, 0.1) is 7.11 Å². The maximum Gasteiger partial charge on any atom is 0.246 e. The summed E-state index contributed by atoms with van der Waals surface area (Å²) in [5.41, 5.74) is 3.27. The molecule has 0 bridgehead atoms. The van der Waals surface area contributed by atoms with Crippen molar-refractivity contribution in [3.05, 3.63) is 65.2 Å². The van der Waals surface area contributed by atoms with Gasteiger partial charge in [-0.3, -0.25) is 4.79 Å². The van der Waals surface area contributed by atoms with Gasteiger partial charge in [0.25, 0.3) is 0 Å². The number of carbonyl (C=O) groups excluding carboxylic acids is 1. The van der Waals surface area contributed by atoms with Gasteiger partial charge in [0, 0.05) is 19.2 Å². The molecule has 1 fully saturated rings. The minimum Gasteiger partial charge on any atom is -0.493 e. The zero-order valence-corrected chi connectivity index (χ0v) is 16.8. The number of ether oxygens (including phenoxy) is 2. The SMILES string of the molecule is COc1cc(/C=C/C(=O)N2CCCCCC2)ccc1OCc1ccccc1C. The Hall–Kier alpha value is -2.75. The summed E-state index contributed by atoms with van der Waals surface area (Å²) in [6.45, 7) is 4.28. The minimum atomic E-state index is 0.0840. The molecule has 0 unspecified atom stereocenters. The molecule has 0 radical (unpaired) electrons. The molecule has 1 aliphatic heterocycles. The van der Waals surface area contributed by atoms with Crippen LogP contribution < -0.4 is 9.47 Å². The lowest BCUT2D eigenvalue weighted by Crippen LogP contribution is -2.30. The topological polar surface area (TPSA) is 38.8 Å². The summed E-state index contributed by atoms with van der Waals surface area (Å²) in [4.78, 5) is 14.4. The first-order valence-corrected chi connectivity index (χ1v) is 9.99. The van der Waals surface area contributed by atoms with Crippen LogP contribution in [0.5, 0.6) is 11.5 Å². The molecular formula is C24H29NO3. The Balaban J connectivity index is 1.65. The van der Waals surface area contributed by atoms with Gasteiger partial charge in [0.15, 0.2) is 11.5 Å². The van der Waals surface area contributed by atoms with E-state index < -0.39 is 0 Å². The lowest BCUT2D eigenvalue weighted by atomic mass is 10.1. The van der Waals surface area contributed by atoms with Gasteiger partial charge in [-0.15, -0.1) is 0 Å². The number of carbonyl (C=O) groups is 1. The fraction of sp³-hybridized carbons (Fsp3) is 0.375. The Morgan fingerprint density at radius 2 is 1.79 bits per heavy atom. The number of rotatable bonds is 6. The number of benzene rings is 2. The number of nitrogens with zero attached hydrogens (tertiary/aromatic N) is 1. The highest BCUT2D eigenvalue weighted by molar-refractivity contribution is 5.91. The van der Waals surface area contributed by atoms with E-state index in [1.165, 1.54) is 18.4 Å². The Labute approximate surface area is 167 Å². The zero-order valence-electron chi connectivity index (χ0n) is 16.8. The fourth-order valence-electron chi connectivity index (χ4n) is 3.40. The quantitative estimate of drug-likeness (QED) is 0.663. The summed E-state index contributed by atoms with van der Waals surface area (Å²) in [6, 6.07) is 13.9. The van der Waals surface area contributed by atoms with Gasteiger partial charge in [-0.05, 0) is 54.7 Å². The maximum atomic E-state index is 12.4. The number of likely N-dealkylation sites (tertiary alicyclic amines) is 1. The molecule has 1 aliphatic rings. The van der Waals surface area contributed by atoms with E-state index >= 15 is 0 Å². The van der Waals surface area contributed by atoms with E-state index in [0.717, 1.165) is 37.1 Å². The van der Waals surface area contributed by atoms with E-state index in [0.29, 0.717) is 18.1 Å². The van der Waals surface area contributed by atoms with Crippen LogP contribution in [-0.4, -0.2) is 31.0 Å². The highest BCUT2D eigenvalue weighted by atomic mass is 16.5. The fourth-order valence-corrected chi connectivity index (χ4v) is 3.40. The van der Waals surface area contributed by atoms with Gasteiger partial charge in [-0.2, -0.15) is 0 Å². The molecule has 0 aromatic heterocycles. The number of methoxy groups -OCH3 is 1. The summed E-state index contributed by atoms with van der Waals surface area (Å²) in [5.74, 6) is 1.44. The number of aryl methyl sites for hydroxylation is 1. The van der Waals surface area contributed by atoms with Crippen LogP contribution in [0.25, 0.3) is 6.08 Å². The van der Waals surface area contributed by atoms with E-state index in [-0.39, 0.29) is 5.91 Å². The van der Waals surface area contributed by atoms with Gasteiger partial charge in [0.2, 0.25) is 5.91 Å². The van der Waals surface area contributed by atoms with Crippen molar-refractivity contribution in [2.24, 2.45) is 0 Å². The van der Waals surface area contributed by atoms with Gasteiger partial charge < -0.3 is 14.4 Å². The van der Waals surface area contributed by atoms with Crippen molar-refractivity contribution in [1.82, 2.24) is 4.90 Å². The van der Waals surface area contributed by atoms with Crippen LogP contribution in [0, 0.1) is 6.92 Å². The molecule has 0 N–H and O–H groups in total. The monoisotopic (exact) mass is 379 g/mol. The predicted molar refractivity (Wildman–Crippen MR) is 113 cm³/mol. The Morgan fingerprint density at radius 1 is 1.04 bits per heavy atom. The molecule has 0 spiro atoms. The summed E-state index contributed by atoms with van der Waals surface area (Å²) in [6.07, 6.45) is 8.14. The Morgan fingerprint density at radius 3 is 2.50 bits per heavy atom. The lowest BCUT2D eigenvalue weighted by molar-refractivity contribution is -0.125. The summed E-state index contributed by atoms with van der Waals surface area (Å²) < 4.78 is 11.5. The standard InChI is InChI=1S/C24H29NO3/c1-19-9-5-6-10-21(19)18-28-22-13-11-20(17-23(22)27-2)12-14-24(26)25-15-7-3-4-8-16-25/h5-6,9-14,17H,3-4,7-8,15-16,18H2,1-2H3/b14-12+. The molecule has 0 saturated carbocycles. The molecule has 1 heterocycles. The van der Waals surface area contributed by atoms with Crippen molar-refractivity contribution < 1.29 is 14.3 Å². The van der Waals surface area contributed by atoms with E-state index in [9.17, 15) is 4.79 Å². The number of amides is 1. The second-order valence-corrected chi connectivity index (χ2v) is 7.20. The predicted octanol–water partition coefficient (Wildman–Crippen LogP) is 5.00. The third kappa shape index (κ3) is 5.38. The van der Waals surface area contributed by atoms with Crippen LogP contribution in [0.15, 0.2) is 48.5 Å². The van der Waals surface area contributed by atoms with Crippen molar-refractivity contribution in [2.45, 2.75) is 39.2 Å². The average Bonchev–Trinajstić information content (AvgIpc) is 3.01. The van der Waals surface area contributed by atoms with E-state index in [1.807, 2.05) is 41.3 Å². The molecule has 4 nitrogen and oxygen atoms in total.